The lowest BCUT2D eigenvalue weighted by atomic mass is 9.81. The van der Waals surface area contributed by atoms with Crippen molar-refractivity contribution in [3.8, 4) is 17.2 Å². The van der Waals surface area contributed by atoms with E-state index >= 15 is 0 Å². The molecule has 0 saturated carbocycles. The van der Waals surface area contributed by atoms with Crippen LogP contribution in [0.2, 0.25) is 0 Å². The third-order valence-corrected chi connectivity index (χ3v) is 6.81. The van der Waals surface area contributed by atoms with Crippen molar-refractivity contribution in [3.63, 3.8) is 0 Å². The van der Waals surface area contributed by atoms with Gasteiger partial charge in [-0.3, -0.25) is 14.5 Å². The molecule has 4 rings (SSSR count). The second kappa shape index (κ2) is 10.8. The van der Waals surface area contributed by atoms with Crippen LogP contribution in [0.25, 0.3) is 0 Å². The van der Waals surface area contributed by atoms with E-state index in [1.165, 1.54) is 0 Å². The molecule has 2 aromatic carbocycles. The van der Waals surface area contributed by atoms with E-state index in [0.717, 1.165) is 43.5 Å². The molecule has 2 heterocycles. The quantitative estimate of drug-likeness (QED) is 0.618. The zero-order valence-electron chi connectivity index (χ0n) is 20.0. The average Bonchev–Trinajstić information content (AvgIpc) is 2.84. The first-order valence-corrected chi connectivity index (χ1v) is 11.7. The maximum absolute atomic E-state index is 12.9. The van der Waals surface area contributed by atoms with Crippen LogP contribution in [0.4, 0.5) is 5.69 Å². The van der Waals surface area contributed by atoms with E-state index in [1.807, 2.05) is 24.3 Å². The number of amides is 2. The molecule has 0 aliphatic carbocycles. The van der Waals surface area contributed by atoms with Crippen LogP contribution >= 0.6 is 0 Å². The number of hydrogen-bond acceptors (Lipinski definition) is 6. The monoisotopic (exact) mass is 467 g/mol. The van der Waals surface area contributed by atoms with E-state index in [9.17, 15) is 9.59 Å². The van der Waals surface area contributed by atoms with Crippen molar-refractivity contribution in [1.82, 2.24) is 10.2 Å². The molecule has 2 amide bonds. The van der Waals surface area contributed by atoms with Crippen LogP contribution in [-0.2, 0) is 4.79 Å². The fraction of sp³-hybridized carbons (Fsp3) is 0.462. The summed E-state index contributed by atoms with van der Waals surface area (Å²) in [5.74, 6) is 1.74. The summed E-state index contributed by atoms with van der Waals surface area (Å²) >= 11 is 0. The number of piperidine rings is 2. The Labute approximate surface area is 200 Å². The van der Waals surface area contributed by atoms with E-state index in [-0.39, 0.29) is 29.9 Å². The lowest BCUT2D eigenvalue weighted by Gasteiger charge is -2.48. The largest absolute Gasteiger partial charge is 0.497 e. The Bertz CT molecular complexity index is 996. The minimum absolute atomic E-state index is 0.0186. The van der Waals surface area contributed by atoms with Gasteiger partial charge in [0.25, 0.3) is 5.91 Å². The fourth-order valence-corrected chi connectivity index (χ4v) is 5.14. The Kier molecular flexibility index (Phi) is 7.57. The highest BCUT2D eigenvalue weighted by atomic mass is 16.5. The summed E-state index contributed by atoms with van der Waals surface area (Å²) in [7, 11) is 4.74. The van der Waals surface area contributed by atoms with Gasteiger partial charge in [0.1, 0.15) is 5.75 Å². The zero-order chi connectivity index (χ0) is 24.1. The Balaban J connectivity index is 1.35. The van der Waals surface area contributed by atoms with Gasteiger partial charge in [-0.05, 0) is 68.1 Å². The molecule has 0 spiro atoms. The molecule has 8 heteroatoms. The van der Waals surface area contributed by atoms with Crippen molar-refractivity contribution in [2.75, 3.05) is 33.2 Å². The Morgan fingerprint density at radius 1 is 0.912 bits per heavy atom. The fourth-order valence-electron chi connectivity index (χ4n) is 5.14. The first kappa shape index (κ1) is 23.9. The van der Waals surface area contributed by atoms with Crippen LogP contribution in [-0.4, -0.2) is 62.7 Å². The Morgan fingerprint density at radius 2 is 1.59 bits per heavy atom. The van der Waals surface area contributed by atoms with Crippen molar-refractivity contribution < 1.29 is 23.8 Å². The van der Waals surface area contributed by atoms with Gasteiger partial charge >= 0.3 is 0 Å². The number of fused-ring (bicyclic) bond motifs is 2. The van der Waals surface area contributed by atoms with E-state index in [0.29, 0.717) is 23.6 Å². The van der Waals surface area contributed by atoms with Crippen molar-refractivity contribution in [1.29, 1.82) is 0 Å². The van der Waals surface area contributed by atoms with Crippen molar-refractivity contribution in [3.05, 3.63) is 48.0 Å². The topological polar surface area (TPSA) is 89.1 Å². The number of nitrogens with one attached hydrogen (secondary N) is 2. The molecule has 2 bridgehead atoms. The van der Waals surface area contributed by atoms with Crippen molar-refractivity contribution in [2.45, 2.75) is 50.2 Å². The minimum Gasteiger partial charge on any atom is -0.497 e. The number of carbonyl (C=O) groups is 2. The second-order valence-electron chi connectivity index (χ2n) is 8.90. The van der Waals surface area contributed by atoms with Crippen LogP contribution in [0.15, 0.2) is 42.5 Å². The lowest BCUT2D eigenvalue weighted by Crippen LogP contribution is -2.58. The summed E-state index contributed by atoms with van der Waals surface area (Å²) in [6.45, 7) is 0.359. The summed E-state index contributed by atoms with van der Waals surface area (Å²) in [6.07, 6.45) is 4.91. The first-order chi connectivity index (χ1) is 16.5. The molecule has 34 heavy (non-hydrogen) atoms. The molecule has 2 aliphatic heterocycles. The van der Waals surface area contributed by atoms with Gasteiger partial charge in [0.05, 0.1) is 27.9 Å². The number of carbonyl (C=O) groups excluding carboxylic acids is 2. The van der Waals surface area contributed by atoms with Crippen LogP contribution in [0.1, 0.15) is 42.5 Å². The number of nitrogens with zero attached hydrogens (tertiary/aromatic N) is 1. The maximum Gasteiger partial charge on any atom is 0.251 e. The average molecular weight is 468 g/mol. The summed E-state index contributed by atoms with van der Waals surface area (Å²) in [5, 5.41) is 6.19. The minimum atomic E-state index is -0.116. The van der Waals surface area contributed by atoms with Crippen LogP contribution in [0.3, 0.4) is 0 Å². The highest BCUT2D eigenvalue weighted by molar-refractivity contribution is 5.95. The highest BCUT2D eigenvalue weighted by Crippen LogP contribution is 2.34. The van der Waals surface area contributed by atoms with Crippen molar-refractivity contribution >= 4 is 17.5 Å². The summed E-state index contributed by atoms with van der Waals surface area (Å²) in [6, 6.07) is 13.2. The Morgan fingerprint density at radius 3 is 2.21 bits per heavy atom. The summed E-state index contributed by atoms with van der Waals surface area (Å²) in [5.41, 5.74) is 1.30. The molecular formula is C26H33N3O5. The summed E-state index contributed by atoms with van der Waals surface area (Å²) in [4.78, 5) is 28.0. The molecule has 0 radical (unpaired) electrons. The second-order valence-corrected chi connectivity index (χ2v) is 8.90. The SMILES string of the molecule is COc1ccc(NC(=O)CN2C3CCCC2CC(NC(=O)c2ccc(OC)c(OC)c2)C3)cc1. The smallest absolute Gasteiger partial charge is 0.251 e. The number of anilines is 1. The Hall–Kier alpha value is -3.26. The van der Waals surface area contributed by atoms with E-state index in [1.54, 1.807) is 39.5 Å². The van der Waals surface area contributed by atoms with Gasteiger partial charge in [-0.25, -0.2) is 0 Å². The van der Waals surface area contributed by atoms with E-state index in [2.05, 4.69) is 15.5 Å². The van der Waals surface area contributed by atoms with Gasteiger partial charge in [0.2, 0.25) is 5.91 Å². The lowest BCUT2D eigenvalue weighted by molar-refractivity contribution is -0.120. The number of hydrogen-bond donors (Lipinski definition) is 2. The zero-order valence-corrected chi connectivity index (χ0v) is 20.0. The molecule has 2 aliphatic rings. The molecule has 2 N–H and O–H groups in total. The predicted octanol–water partition coefficient (Wildman–Crippen LogP) is 3.47. The molecule has 2 atom stereocenters. The first-order valence-electron chi connectivity index (χ1n) is 11.7. The third-order valence-electron chi connectivity index (χ3n) is 6.81. The molecular weight excluding hydrogens is 434 g/mol. The molecule has 2 saturated heterocycles. The normalized spacial score (nSPS) is 21.9. The van der Waals surface area contributed by atoms with Crippen molar-refractivity contribution in [2.24, 2.45) is 0 Å². The van der Waals surface area contributed by atoms with Crippen LogP contribution < -0.4 is 24.8 Å². The summed E-state index contributed by atoms with van der Waals surface area (Å²) < 4.78 is 15.8. The number of rotatable bonds is 8. The number of ether oxygens (including phenoxy) is 3. The number of benzene rings is 2. The van der Waals surface area contributed by atoms with E-state index < -0.39 is 0 Å². The number of methoxy groups -OCH3 is 3. The maximum atomic E-state index is 12.9. The van der Waals surface area contributed by atoms with Gasteiger partial charge in [0, 0.05) is 29.4 Å². The third kappa shape index (κ3) is 5.44. The molecule has 0 aromatic heterocycles. The van der Waals surface area contributed by atoms with Gasteiger partial charge < -0.3 is 24.8 Å². The molecule has 2 aromatic rings. The van der Waals surface area contributed by atoms with Gasteiger partial charge in [0.15, 0.2) is 11.5 Å². The molecule has 8 nitrogen and oxygen atoms in total. The molecule has 2 fully saturated rings. The molecule has 182 valence electrons. The highest BCUT2D eigenvalue weighted by Gasteiger charge is 2.39. The molecule has 2 unspecified atom stereocenters. The predicted molar refractivity (Wildman–Crippen MR) is 130 cm³/mol. The van der Waals surface area contributed by atoms with E-state index in [4.69, 9.17) is 14.2 Å². The van der Waals surface area contributed by atoms with Gasteiger partial charge in [-0.1, -0.05) is 6.42 Å². The van der Waals surface area contributed by atoms with Gasteiger partial charge in [-0.15, -0.1) is 0 Å². The van der Waals surface area contributed by atoms with Crippen LogP contribution in [0.5, 0.6) is 17.2 Å². The van der Waals surface area contributed by atoms with Gasteiger partial charge in [-0.2, -0.15) is 0 Å². The van der Waals surface area contributed by atoms with Crippen LogP contribution in [0, 0.1) is 0 Å². The standard InChI is InChI=1S/C26H33N3O5/c1-32-22-10-8-18(9-11-22)27-25(30)16-29-20-5-4-6-21(29)15-19(14-20)28-26(31)17-7-12-23(33-2)24(13-17)34-3/h7-13,19-21H,4-6,14-16H2,1-3H3,(H,27,30)(H,28,31).